The molecule has 0 spiro atoms. The highest BCUT2D eigenvalue weighted by atomic mass is 16.5. The van der Waals surface area contributed by atoms with Crippen LogP contribution in [0.15, 0.2) is 4.52 Å². The molecule has 5 nitrogen and oxygen atoms in total. The Balaban J connectivity index is 1.87. The summed E-state index contributed by atoms with van der Waals surface area (Å²) in [5.41, 5.74) is 0. The summed E-state index contributed by atoms with van der Waals surface area (Å²) in [6.45, 7) is 4.00. The lowest BCUT2D eigenvalue weighted by Crippen LogP contribution is -2.33. The van der Waals surface area contributed by atoms with Crippen LogP contribution in [-0.2, 0) is 13.0 Å². The summed E-state index contributed by atoms with van der Waals surface area (Å²) in [4.78, 5) is 6.49. The van der Waals surface area contributed by atoms with E-state index in [2.05, 4.69) is 22.4 Å². The number of rotatable bonds is 8. The molecule has 1 heterocycles. The maximum atomic E-state index is 5.33. The van der Waals surface area contributed by atoms with Crippen LogP contribution in [-0.4, -0.2) is 41.7 Å². The predicted molar refractivity (Wildman–Crippen MR) is 70.2 cm³/mol. The van der Waals surface area contributed by atoms with E-state index in [1.54, 1.807) is 0 Å². The van der Waals surface area contributed by atoms with Gasteiger partial charge in [0.15, 0.2) is 5.82 Å². The number of hydrogen-bond acceptors (Lipinski definition) is 5. The third kappa shape index (κ3) is 4.07. The minimum atomic E-state index is 0.512. The van der Waals surface area contributed by atoms with E-state index >= 15 is 0 Å². The van der Waals surface area contributed by atoms with Crippen LogP contribution in [0.4, 0.5) is 0 Å². The number of nitrogens with zero attached hydrogens (tertiary/aromatic N) is 3. The van der Waals surface area contributed by atoms with Gasteiger partial charge in [0, 0.05) is 12.5 Å². The Hall–Kier alpha value is -0.940. The molecule has 1 aromatic heterocycles. The van der Waals surface area contributed by atoms with Crippen LogP contribution < -0.4 is 5.32 Å². The topological polar surface area (TPSA) is 54.2 Å². The SMILES string of the molecule is CCCNC(Cc1nc(CN(C)C)no1)C1CC1. The van der Waals surface area contributed by atoms with Crippen molar-refractivity contribution in [1.82, 2.24) is 20.4 Å². The molecule has 1 unspecified atom stereocenters. The Kier molecular flexibility index (Phi) is 4.72. The monoisotopic (exact) mass is 252 g/mol. The fourth-order valence-electron chi connectivity index (χ4n) is 2.14. The molecule has 1 aliphatic carbocycles. The molecule has 2 rings (SSSR count). The van der Waals surface area contributed by atoms with Gasteiger partial charge in [0.25, 0.3) is 0 Å². The summed E-state index contributed by atoms with van der Waals surface area (Å²) in [7, 11) is 4.01. The van der Waals surface area contributed by atoms with Crippen molar-refractivity contribution in [2.75, 3.05) is 20.6 Å². The summed E-state index contributed by atoms with van der Waals surface area (Å²) >= 11 is 0. The zero-order valence-electron chi connectivity index (χ0n) is 11.6. The minimum absolute atomic E-state index is 0.512. The lowest BCUT2D eigenvalue weighted by atomic mass is 10.1. The van der Waals surface area contributed by atoms with E-state index in [-0.39, 0.29) is 0 Å². The normalized spacial score (nSPS) is 17.3. The van der Waals surface area contributed by atoms with Crippen molar-refractivity contribution >= 4 is 0 Å². The molecule has 1 atom stereocenters. The maximum Gasteiger partial charge on any atom is 0.228 e. The van der Waals surface area contributed by atoms with Crippen molar-refractivity contribution in [2.24, 2.45) is 5.92 Å². The van der Waals surface area contributed by atoms with Crippen LogP contribution in [0.2, 0.25) is 0 Å². The summed E-state index contributed by atoms with van der Waals surface area (Å²) in [5.74, 6) is 2.35. The average molecular weight is 252 g/mol. The molecular formula is C13H24N4O. The van der Waals surface area contributed by atoms with Gasteiger partial charge in [0.2, 0.25) is 5.89 Å². The fraction of sp³-hybridized carbons (Fsp3) is 0.846. The summed E-state index contributed by atoms with van der Waals surface area (Å²) in [5, 5.41) is 7.61. The van der Waals surface area contributed by atoms with Crippen molar-refractivity contribution in [1.29, 1.82) is 0 Å². The molecule has 18 heavy (non-hydrogen) atoms. The molecule has 0 radical (unpaired) electrons. The maximum absolute atomic E-state index is 5.33. The predicted octanol–water partition coefficient (Wildman–Crippen LogP) is 1.45. The highest BCUT2D eigenvalue weighted by Gasteiger charge is 2.32. The lowest BCUT2D eigenvalue weighted by Gasteiger charge is -2.15. The van der Waals surface area contributed by atoms with Crippen LogP contribution in [0.25, 0.3) is 0 Å². The van der Waals surface area contributed by atoms with Crippen LogP contribution >= 0.6 is 0 Å². The van der Waals surface area contributed by atoms with Crippen LogP contribution in [0, 0.1) is 5.92 Å². The van der Waals surface area contributed by atoms with E-state index < -0.39 is 0 Å². The van der Waals surface area contributed by atoms with Gasteiger partial charge in [0.1, 0.15) is 0 Å². The van der Waals surface area contributed by atoms with E-state index in [9.17, 15) is 0 Å². The van der Waals surface area contributed by atoms with Crippen molar-refractivity contribution in [3.63, 3.8) is 0 Å². The Morgan fingerprint density at radius 3 is 2.83 bits per heavy atom. The van der Waals surface area contributed by atoms with E-state index in [1.165, 1.54) is 19.3 Å². The zero-order valence-corrected chi connectivity index (χ0v) is 11.6. The van der Waals surface area contributed by atoms with E-state index in [1.807, 2.05) is 19.0 Å². The number of nitrogens with one attached hydrogen (secondary N) is 1. The molecule has 0 aliphatic heterocycles. The molecule has 5 heteroatoms. The second-order valence-corrected chi connectivity index (χ2v) is 5.44. The highest BCUT2D eigenvalue weighted by molar-refractivity contribution is 4.95. The highest BCUT2D eigenvalue weighted by Crippen LogP contribution is 2.33. The van der Waals surface area contributed by atoms with Crippen LogP contribution in [0.3, 0.4) is 0 Å². The van der Waals surface area contributed by atoms with Gasteiger partial charge in [0.05, 0.1) is 6.54 Å². The largest absolute Gasteiger partial charge is 0.339 e. The molecule has 0 saturated heterocycles. The Morgan fingerprint density at radius 1 is 1.44 bits per heavy atom. The molecule has 1 aromatic rings. The molecule has 0 bridgehead atoms. The quantitative estimate of drug-likeness (QED) is 0.759. The first-order valence-electron chi connectivity index (χ1n) is 6.88. The first kappa shape index (κ1) is 13.5. The van der Waals surface area contributed by atoms with Gasteiger partial charge >= 0.3 is 0 Å². The van der Waals surface area contributed by atoms with E-state index in [0.29, 0.717) is 6.04 Å². The first-order chi connectivity index (χ1) is 8.69. The molecule has 1 saturated carbocycles. The van der Waals surface area contributed by atoms with Crippen LogP contribution in [0.5, 0.6) is 0 Å². The van der Waals surface area contributed by atoms with Gasteiger partial charge in [-0.3, -0.25) is 0 Å². The fourth-order valence-corrected chi connectivity index (χ4v) is 2.14. The minimum Gasteiger partial charge on any atom is -0.339 e. The second kappa shape index (κ2) is 6.29. The Labute approximate surface area is 109 Å². The number of hydrogen-bond donors (Lipinski definition) is 1. The van der Waals surface area contributed by atoms with Crippen molar-refractivity contribution in [2.45, 2.75) is 45.2 Å². The van der Waals surface area contributed by atoms with E-state index in [0.717, 1.165) is 37.1 Å². The second-order valence-electron chi connectivity index (χ2n) is 5.44. The average Bonchev–Trinajstić information content (AvgIpc) is 3.07. The van der Waals surface area contributed by atoms with Gasteiger partial charge in [-0.2, -0.15) is 4.98 Å². The summed E-state index contributed by atoms with van der Waals surface area (Å²) < 4.78 is 5.33. The van der Waals surface area contributed by atoms with Gasteiger partial charge < -0.3 is 14.7 Å². The van der Waals surface area contributed by atoms with Gasteiger partial charge in [-0.25, -0.2) is 0 Å². The molecular weight excluding hydrogens is 228 g/mol. The molecule has 1 N–H and O–H groups in total. The van der Waals surface area contributed by atoms with E-state index in [4.69, 9.17) is 4.52 Å². The summed E-state index contributed by atoms with van der Waals surface area (Å²) in [6.07, 6.45) is 4.70. The Bertz CT molecular complexity index is 360. The van der Waals surface area contributed by atoms with Gasteiger partial charge in [-0.1, -0.05) is 12.1 Å². The molecule has 102 valence electrons. The smallest absolute Gasteiger partial charge is 0.228 e. The third-order valence-electron chi connectivity index (χ3n) is 3.21. The molecule has 0 aromatic carbocycles. The van der Waals surface area contributed by atoms with Gasteiger partial charge in [-0.15, -0.1) is 0 Å². The molecule has 1 fully saturated rings. The lowest BCUT2D eigenvalue weighted by molar-refractivity contribution is 0.332. The standard InChI is InChI=1S/C13H24N4O/c1-4-7-14-11(10-5-6-10)8-13-15-12(16-18-13)9-17(2)3/h10-11,14H,4-9H2,1-3H3. The third-order valence-corrected chi connectivity index (χ3v) is 3.21. The molecule has 1 aliphatic rings. The van der Waals surface area contributed by atoms with Crippen LogP contribution in [0.1, 0.15) is 37.9 Å². The van der Waals surface area contributed by atoms with Crippen molar-refractivity contribution < 1.29 is 4.52 Å². The molecule has 0 amide bonds. The zero-order chi connectivity index (χ0) is 13.0. The number of aromatic nitrogens is 2. The van der Waals surface area contributed by atoms with Crippen molar-refractivity contribution in [3.8, 4) is 0 Å². The van der Waals surface area contributed by atoms with Crippen molar-refractivity contribution in [3.05, 3.63) is 11.7 Å². The van der Waals surface area contributed by atoms with Gasteiger partial charge in [-0.05, 0) is 45.8 Å². The first-order valence-corrected chi connectivity index (χ1v) is 6.88. The summed E-state index contributed by atoms with van der Waals surface area (Å²) in [6, 6.07) is 0.512. The Morgan fingerprint density at radius 2 is 2.22 bits per heavy atom.